The van der Waals surface area contributed by atoms with Crippen LogP contribution in [0.2, 0.25) is 0 Å². The van der Waals surface area contributed by atoms with E-state index in [4.69, 9.17) is 23.7 Å². The number of alkyl carbamates (subject to hydrolysis) is 1. The number of hydrogen-bond donors (Lipinski definition) is 1. The molecule has 1 atom stereocenters. The smallest absolute Gasteiger partial charge is 0.407 e. The maximum Gasteiger partial charge on any atom is 0.407 e. The SMILES string of the molecule is COC[C@H](CCN(CC(OC)OC)C(=O)CCNC(=O)OC(C)(C)C)OCc1ccccc1. The highest BCUT2D eigenvalue weighted by Gasteiger charge is 2.22. The fourth-order valence-electron chi connectivity index (χ4n) is 2.98. The fraction of sp³-hybridized carbons (Fsp3) is 0.667. The molecule has 9 nitrogen and oxygen atoms in total. The van der Waals surface area contributed by atoms with Crippen LogP contribution >= 0.6 is 0 Å². The third-order valence-electron chi connectivity index (χ3n) is 4.66. The van der Waals surface area contributed by atoms with Crippen molar-refractivity contribution < 1.29 is 33.3 Å². The van der Waals surface area contributed by atoms with E-state index in [1.807, 2.05) is 30.3 Å². The Morgan fingerprint density at radius 1 is 1.06 bits per heavy atom. The molecule has 0 heterocycles. The number of nitrogens with zero attached hydrogens (tertiary/aromatic N) is 1. The van der Waals surface area contributed by atoms with Gasteiger partial charge in [0.05, 0.1) is 25.9 Å². The number of ether oxygens (including phenoxy) is 5. The molecule has 0 saturated heterocycles. The monoisotopic (exact) mass is 468 g/mol. The predicted octanol–water partition coefficient (Wildman–Crippen LogP) is 2.97. The summed E-state index contributed by atoms with van der Waals surface area (Å²) in [5, 5.41) is 2.61. The van der Waals surface area contributed by atoms with Gasteiger partial charge in [0.2, 0.25) is 5.91 Å². The number of amides is 2. The minimum atomic E-state index is -0.597. The number of methoxy groups -OCH3 is 3. The van der Waals surface area contributed by atoms with E-state index in [2.05, 4.69) is 5.32 Å². The number of carbonyl (C=O) groups excluding carboxylic acids is 2. The summed E-state index contributed by atoms with van der Waals surface area (Å²) in [6.07, 6.45) is -0.596. The lowest BCUT2D eigenvalue weighted by Gasteiger charge is -2.28. The molecule has 1 aromatic rings. The minimum absolute atomic E-state index is 0.124. The number of hydrogen-bond acceptors (Lipinski definition) is 7. The molecule has 1 aromatic carbocycles. The van der Waals surface area contributed by atoms with Crippen molar-refractivity contribution in [3.05, 3.63) is 35.9 Å². The van der Waals surface area contributed by atoms with Gasteiger partial charge in [0.25, 0.3) is 0 Å². The van der Waals surface area contributed by atoms with Crippen LogP contribution in [0.4, 0.5) is 4.79 Å². The summed E-state index contributed by atoms with van der Waals surface area (Å²) in [5.74, 6) is -0.135. The first-order valence-corrected chi connectivity index (χ1v) is 11.1. The molecule has 0 aliphatic carbocycles. The van der Waals surface area contributed by atoms with Crippen LogP contribution in [0.3, 0.4) is 0 Å². The lowest BCUT2D eigenvalue weighted by atomic mass is 10.2. The van der Waals surface area contributed by atoms with Crippen LogP contribution in [-0.2, 0) is 35.1 Å². The quantitative estimate of drug-likeness (QED) is 0.395. The topological polar surface area (TPSA) is 95.6 Å². The van der Waals surface area contributed by atoms with Crippen molar-refractivity contribution in [2.75, 3.05) is 47.6 Å². The first kappa shape index (κ1) is 28.8. The molecule has 0 radical (unpaired) electrons. The third kappa shape index (κ3) is 13.2. The lowest BCUT2D eigenvalue weighted by molar-refractivity contribution is -0.146. The van der Waals surface area contributed by atoms with Gasteiger partial charge in [-0.25, -0.2) is 4.79 Å². The first-order valence-electron chi connectivity index (χ1n) is 11.1. The van der Waals surface area contributed by atoms with Crippen LogP contribution in [0, 0.1) is 0 Å². The second kappa shape index (κ2) is 15.6. The Kier molecular flexibility index (Phi) is 13.6. The molecule has 0 aliphatic rings. The second-order valence-corrected chi connectivity index (χ2v) is 8.58. The third-order valence-corrected chi connectivity index (χ3v) is 4.66. The summed E-state index contributed by atoms with van der Waals surface area (Å²) in [6, 6.07) is 9.88. The van der Waals surface area contributed by atoms with Crippen molar-refractivity contribution in [2.45, 2.75) is 58.2 Å². The number of nitrogens with one attached hydrogen (secondary N) is 1. The molecule has 0 spiro atoms. The van der Waals surface area contributed by atoms with Gasteiger partial charge in [0.15, 0.2) is 6.29 Å². The van der Waals surface area contributed by atoms with Gasteiger partial charge in [-0.15, -0.1) is 0 Å². The van der Waals surface area contributed by atoms with Crippen molar-refractivity contribution in [3.63, 3.8) is 0 Å². The standard InChI is InChI=1S/C24H40N2O7/c1-24(2,3)33-23(28)25-14-12-21(27)26(16-22(30-5)31-6)15-13-20(18-29-4)32-17-19-10-8-7-9-11-19/h7-11,20,22H,12-18H2,1-6H3,(H,25,28)/t20-/m0/s1. The molecule has 33 heavy (non-hydrogen) atoms. The summed E-state index contributed by atoms with van der Waals surface area (Å²) >= 11 is 0. The maximum absolute atomic E-state index is 12.9. The molecule has 9 heteroatoms. The number of benzene rings is 1. The second-order valence-electron chi connectivity index (χ2n) is 8.58. The molecule has 0 bridgehead atoms. The van der Waals surface area contributed by atoms with E-state index in [1.165, 1.54) is 14.2 Å². The van der Waals surface area contributed by atoms with E-state index in [0.29, 0.717) is 26.2 Å². The van der Waals surface area contributed by atoms with E-state index in [9.17, 15) is 9.59 Å². The highest BCUT2D eigenvalue weighted by molar-refractivity contribution is 5.77. The molecule has 2 amide bonds. The van der Waals surface area contributed by atoms with E-state index >= 15 is 0 Å². The van der Waals surface area contributed by atoms with Crippen molar-refractivity contribution in [1.29, 1.82) is 0 Å². The number of carbonyl (C=O) groups is 2. The van der Waals surface area contributed by atoms with Crippen LogP contribution in [0.25, 0.3) is 0 Å². The number of rotatable bonds is 15. The first-order chi connectivity index (χ1) is 15.7. The van der Waals surface area contributed by atoms with Gasteiger partial charge in [-0.3, -0.25) is 4.79 Å². The highest BCUT2D eigenvalue weighted by atomic mass is 16.7. The van der Waals surface area contributed by atoms with Gasteiger partial charge in [0.1, 0.15) is 5.60 Å². The summed E-state index contributed by atoms with van der Waals surface area (Å²) in [5.41, 5.74) is 0.471. The van der Waals surface area contributed by atoms with E-state index in [1.54, 1.807) is 32.8 Å². The van der Waals surface area contributed by atoms with Gasteiger partial charge in [-0.2, -0.15) is 0 Å². The Labute approximate surface area is 197 Å². The Hall–Kier alpha value is -2.20. The Balaban J connectivity index is 2.64. The van der Waals surface area contributed by atoms with E-state index in [-0.39, 0.29) is 31.5 Å². The molecule has 0 fully saturated rings. The molecule has 0 aromatic heterocycles. The van der Waals surface area contributed by atoms with Crippen molar-refractivity contribution in [3.8, 4) is 0 Å². The molecule has 188 valence electrons. The molecule has 1 N–H and O–H groups in total. The van der Waals surface area contributed by atoms with Gasteiger partial charge in [-0.05, 0) is 32.8 Å². The van der Waals surface area contributed by atoms with Crippen LogP contribution in [0.1, 0.15) is 39.2 Å². The summed E-state index contributed by atoms with van der Waals surface area (Å²) in [4.78, 5) is 26.4. The molecular formula is C24H40N2O7. The Morgan fingerprint density at radius 2 is 1.73 bits per heavy atom. The van der Waals surface area contributed by atoms with E-state index < -0.39 is 18.0 Å². The zero-order chi connectivity index (χ0) is 24.7. The average Bonchev–Trinajstić information content (AvgIpc) is 2.76. The Morgan fingerprint density at radius 3 is 2.30 bits per heavy atom. The van der Waals surface area contributed by atoms with Gasteiger partial charge in [0, 0.05) is 40.8 Å². The minimum Gasteiger partial charge on any atom is -0.444 e. The van der Waals surface area contributed by atoms with E-state index in [0.717, 1.165) is 5.56 Å². The maximum atomic E-state index is 12.9. The molecular weight excluding hydrogens is 428 g/mol. The fourth-order valence-corrected chi connectivity index (χ4v) is 2.98. The highest BCUT2D eigenvalue weighted by Crippen LogP contribution is 2.10. The van der Waals surface area contributed by atoms with Crippen LogP contribution in [-0.4, -0.2) is 82.5 Å². The lowest BCUT2D eigenvalue weighted by Crippen LogP contribution is -2.42. The normalized spacial score (nSPS) is 12.5. The largest absolute Gasteiger partial charge is 0.444 e. The van der Waals surface area contributed by atoms with Gasteiger partial charge < -0.3 is 33.9 Å². The summed E-state index contributed by atoms with van der Waals surface area (Å²) in [7, 11) is 4.67. The predicted molar refractivity (Wildman–Crippen MR) is 125 cm³/mol. The van der Waals surface area contributed by atoms with Crippen molar-refractivity contribution >= 4 is 12.0 Å². The zero-order valence-corrected chi connectivity index (χ0v) is 20.8. The summed E-state index contributed by atoms with van der Waals surface area (Å²) in [6.45, 7) is 7.07. The molecule has 1 rings (SSSR count). The average molecular weight is 469 g/mol. The van der Waals surface area contributed by atoms with Crippen LogP contribution < -0.4 is 5.32 Å². The summed E-state index contributed by atoms with van der Waals surface area (Å²) < 4.78 is 27.1. The van der Waals surface area contributed by atoms with Gasteiger partial charge >= 0.3 is 6.09 Å². The molecule has 0 unspecified atom stereocenters. The molecule has 0 saturated carbocycles. The van der Waals surface area contributed by atoms with Crippen molar-refractivity contribution in [2.24, 2.45) is 0 Å². The van der Waals surface area contributed by atoms with Crippen LogP contribution in [0.5, 0.6) is 0 Å². The van der Waals surface area contributed by atoms with Crippen molar-refractivity contribution in [1.82, 2.24) is 10.2 Å². The molecule has 0 aliphatic heterocycles. The zero-order valence-electron chi connectivity index (χ0n) is 20.8. The van der Waals surface area contributed by atoms with Crippen LogP contribution in [0.15, 0.2) is 30.3 Å². The van der Waals surface area contributed by atoms with Gasteiger partial charge in [-0.1, -0.05) is 30.3 Å². The Bertz CT molecular complexity index is 675.